The summed E-state index contributed by atoms with van der Waals surface area (Å²) < 4.78 is 5.34. The number of carbonyl (C=O) groups excluding carboxylic acids is 1. The minimum absolute atomic E-state index is 0.0739. The first-order valence-corrected chi connectivity index (χ1v) is 7.22. The van der Waals surface area contributed by atoms with Gasteiger partial charge in [-0.1, -0.05) is 13.3 Å². The van der Waals surface area contributed by atoms with Gasteiger partial charge in [0.15, 0.2) is 5.76 Å². The van der Waals surface area contributed by atoms with Crippen LogP contribution in [-0.2, 0) is 6.61 Å². The number of aliphatic hydroxyl groups excluding tert-OH is 1. The number of aliphatic hydroxyl groups is 1. The molecule has 2 atom stereocenters. The van der Waals surface area contributed by atoms with E-state index < -0.39 is 0 Å². The molecule has 0 unspecified atom stereocenters. The number of likely N-dealkylation sites (N-methyl/N-ethyl adjacent to an activating group) is 1. The molecular formula is C15H24N2O3. The van der Waals surface area contributed by atoms with Gasteiger partial charge in [-0.25, -0.2) is 0 Å². The predicted octanol–water partition coefficient (Wildman–Crippen LogP) is 1.57. The van der Waals surface area contributed by atoms with Crippen LogP contribution in [0.15, 0.2) is 16.5 Å². The Bertz CT molecular complexity index is 456. The van der Waals surface area contributed by atoms with E-state index in [1.807, 2.05) is 4.90 Å². The zero-order chi connectivity index (χ0) is 14.7. The average molecular weight is 280 g/mol. The van der Waals surface area contributed by atoms with Crippen molar-refractivity contribution < 1.29 is 14.3 Å². The highest BCUT2D eigenvalue weighted by atomic mass is 16.4. The summed E-state index contributed by atoms with van der Waals surface area (Å²) in [6.07, 6.45) is 2.26. The zero-order valence-electron chi connectivity index (χ0n) is 12.5. The van der Waals surface area contributed by atoms with Crippen molar-refractivity contribution in [2.45, 2.75) is 32.4 Å². The summed E-state index contributed by atoms with van der Waals surface area (Å²) >= 11 is 0. The molecule has 0 bridgehead atoms. The predicted molar refractivity (Wildman–Crippen MR) is 76.4 cm³/mol. The molecule has 0 saturated carbocycles. The minimum Gasteiger partial charge on any atom is -0.453 e. The number of rotatable bonds is 5. The second-order valence-corrected chi connectivity index (χ2v) is 5.71. The standard InChI is InChI=1S/C15H24N2O3/c1-4-5-11-8-17(9-13(11)16(2)3)15(19)14-7-6-12(10-18)20-14/h6-7,11,13,18H,4-5,8-10H2,1-3H3/t11-,13-/m1/s1. The quantitative estimate of drug-likeness (QED) is 0.889. The van der Waals surface area contributed by atoms with Gasteiger partial charge in [-0.05, 0) is 38.6 Å². The van der Waals surface area contributed by atoms with Gasteiger partial charge in [0.05, 0.1) is 0 Å². The lowest BCUT2D eigenvalue weighted by Crippen LogP contribution is -2.36. The van der Waals surface area contributed by atoms with Crippen molar-refractivity contribution in [3.05, 3.63) is 23.7 Å². The van der Waals surface area contributed by atoms with E-state index in [0.29, 0.717) is 23.5 Å². The minimum atomic E-state index is -0.175. The summed E-state index contributed by atoms with van der Waals surface area (Å²) in [7, 11) is 4.14. The van der Waals surface area contributed by atoms with Crippen molar-refractivity contribution >= 4 is 5.91 Å². The van der Waals surface area contributed by atoms with Crippen molar-refractivity contribution in [1.82, 2.24) is 9.80 Å². The smallest absolute Gasteiger partial charge is 0.289 e. The third-order valence-electron chi connectivity index (χ3n) is 4.04. The Balaban J connectivity index is 2.07. The van der Waals surface area contributed by atoms with Gasteiger partial charge in [0.2, 0.25) is 0 Å². The van der Waals surface area contributed by atoms with E-state index in [1.54, 1.807) is 12.1 Å². The molecule has 1 aromatic rings. The summed E-state index contributed by atoms with van der Waals surface area (Å²) in [5.41, 5.74) is 0. The lowest BCUT2D eigenvalue weighted by atomic mass is 9.98. The Hall–Kier alpha value is -1.33. The van der Waals surface area contributed by atoms with Crippen molar-refractivity contribution in [3.8, 4) is 0 Å². The Labute approximate surface area is 120 Å². The lowest BCUT2D eigenvalue weighted by molar-refractivity contribution is 0.0744. The number of amides is 1. The summed E-state index contributed by atoms with van der Waals surface area (Å²) in [6, 6.07) is 3.70. The van der Waals surface area contributed by atoms with Crippen molar-refractivity contribution in [2.75, 3.05) is 27.2 Å². The van der Waals surface area contributed by atoms with Crippen LogP contribution >= 0.6 is 0 Å². The fraction of sp³-hybridized carbons (Fsp3) is 0.667. The molecule has 0 aliphatic carbocycles. The first kappa shape index (κ1) is 15.1. The van der Waals surface area contributed by atoms with Gasteiger partial charge >= 0.3 is 0 Å². The van der Waals surface area contributed by atoms with Crippen LogP contribution in [0.2, 0.25) is 0 Å². The number of nitrogens with zero attached hydrogens (tertiary/aromatic N) is 2. The number of carbonyl (C=O) groups is 1. The van der Waals surface area contributed by atoms with Gasteiger partial charge in [0.25, 0.3) is 5.91 Å². The lowest BCUT2D eigenvalue weighted by Gasteiger charge is -2.24. The van der Waals surface area contributed by atoms with Crippen LogP contribution < -0.4 is 0 Å². The van der Waals surface area contributed by atoms with E-state index in [1.165, 1.54) is 0 Å². The maximum absolute atomic E-state index is 12.4. The highest BCUT2D eigenvalue weighted by Gasteiger charge is 2.36. The molecule has 112 valence electrons. The topological polar surface area (TPSA) is 56.9 Å². The Morgan fingerprint density at radius 3 is 2.75 bits per heavy atom. The fourth-order valence-electron chi connectivity index (χ4n) is 2.99. The molecular weight excluding hydrogens is 256 g/mol. The van der Waals surface area contributed by atoms with E-state index in [-0.39, 0.29) is 12.5 Å². The summed E-state index contributed by atoms with van der Waals surface area (Å²) in [6.45, 7) is 3.53. The highest BCUT2D eigenvalue weighted by molar-refractivity contribution is 5.91. The third kappa shape index (κ3) is 3.04. The third-order valence-corrected chi connectivity index (χ3v) is 4.04. The molecule has 1 fully saturated rings. The van der Waals surface area contributed by atoms with Crippen LogP contribution in [0.1, 0.15) is 36.1 Å². The van der Waals surface area contributed by atoms with Gasteiger partial charge in [-0.15, -0.1) is 0 Å². The molecule has 1 aliphatic heterocycles. The molecule has 2 rings (SSSR count). The van der Waals surface area contributed by atoms with E-state index >= 15 is 0 Å². The molecule has 1 aliphatic rings. The van der Waals surface area contributed by atoms with Gasteiger partial charge in [0.1, 0.15) is 12.4 Å². The number of hydrogen-bond acceptors (Lipinski definition) is 4. The second-order valence-electron chi connectivity index (χ2n) is 5.71. The van der Waals surface area contributed by atoms with Crippen LogP contribution in [0.4, 0.5) is 0 Å². The highest BCUT2D eigenvalue weighted by Crippen LogP contribution is 2.26. The molecule has 2 heterocycles. The van der Waals surface area contributed by atoms with E-state index in [0.717, 1.165) is 25.9 Å². The van der Waals surface area contributed by atoms with Crippen LogP contribution in [-0.4, -0.2) is 54.0 Å². The van der Waals surface area contributed by atoms with Gasteiger partial charge in [0, 0.05) is 19.1 Å². The zero-order valence-corrected chi connectivity index (χ0v) is 12.5. The fourth-order valence-corrected chi connectivity index (χ4v) is 2.99. The largest absolute Gasteiger partial charge is 0.453 e. The van der Waals surface area contributed by atoms with E-state index in [2.05, 4.69) is 25.9 Å². The number of furan rings is 1. The normalized spacial score (nSPS) is 22.8. The van der Waals surface area contributed by atoms with E-state index in [9.17, 15) is 4.79 Å². The molecule has 5 nitrogen and oxygen atoms in total. The summed E-state index contributed by atoms with van der Waals surface area (Å²) in [4.78, 5) is 16.5. The molecule has 20 heavy (non-hydrogen) atoms. The van der Waals surface area contributed by atoms with E-state index in [4.69, 9.17) is 9.52 Å². The van der Waals surface area contributed by atoms with Crippen LogP contribution in [0, 0.1) is 5.92 Å². The Morgan fingerprint density at radius 1 is 1.45 bits per heavy atom. The van der Waals surface area contributed by atoms with Gasteiger partial charge < -0.3 is 19.3 Å². The Kier molecular flexibility index (Phi) is 4.83. The molecule has 0 spiro atoms. The molecule has 1 saturated heterocycles. The van der Waals surface area contributed by atoms with Crippen molar-refractivity contribution in [3.63, 3.8) is 0 Å². The summed E-state index contributed by atoms with van der Waals surface area (Å²) in [5, 5.41) is 9.00. The Morgan fingerprint density at radius 2 is 2.20 bits per heavy atom. The molecule has 0 aromatic carbocycles. The molecule has 1 amide bonds. The van der Waals surface area contributed by atoms with Crippen LogP contribution in [0.25, 0.3) is 0 Å². The van der Waals surface area contributed by atoms with Crippen LogP contribution in [0.3, 0.4) is 0 Å². The molecule has 1 N–H and O–H groups in total. The summed E-state index contributed by atoms with van der Waals surface area (Å²) in [5.74, 6) is 1.20. The SMILES string of the molecule is CCC[C@@H]1CN(C(=O)c2ccc(CO)o2)C[C@H]1N(C)C. The maximum Gasteiger partial charge on any atom is 0.289 e. The van der Waals surface area contributed by atoms with Gasteiger partial charge in [-0.3, -0.25) is 4.79 Å². The monoisotopic (exact) mass is 280 g/mol. The number of hydrogen-bond donors (Lipinski definition) is 1. The number of likely N-dealkylation sites (tertiary alicyclic amines) is 1. The molecule has 1 aromatic heterocycles. The van der Waals surface area contributed by atoms with Crippen molar-refractivity contribution in [1.29, 1.82) is 0 Å². The molecule has 5 heteroatoms. The first-order chi connectivity index (χ1) is 9.56. The van der Waals surface area contributed by atoms with Crippen LogP contribution in [0.5, 0.6) is 0 Å². The van der Waals surface area contributed by atoms with Gasteiger partial charge in [-0.2, -0.15) is 0 Å². The second kappa shape index (κ2) is 6.41. The molecule has 0 radical (unpaired) electrons. The maximum atomic E-state index is 12.4. The average Bonchev–Trinajstić information content (AvgIpc) is 3.04. The first-order valence-electron chi connectivity index (χ1n) is 7.22. The van der Waals surface area contributed by atoms with Crippen molar-refractivity contribution in [2.24, 2.45) is 5.92 Å².